The maximum atomic E-state index is 11.4. The van der Waals surface area contributed by atoms with Gasteiger partial charge in [-0.1, -0.05) is 37.6 Å². The molecule has 0 aliphatic heterocycles. The summed E-state index contributed by atoms with van der Waals surface area (Å²) >= 11 is 0. The minimum absolute atomic E-state index is 0.0333. The first-order chi connectivity index (χ1) is 12.9. The maximum absolute atomic E-state index is 11.4. The SMILES string of the molecule is CC(C)OC(=O)c1ccccc1O.CCCCOC(=O)c1ccccc1O. The van der Waals surface area contributed by atoms with Crippen LogP contribution in [-0.2, 0) is 9.47 Å². The number of carbonyl (C=O) groups is 2. The minimum Gasteiger partial charge on any atom is -0.507 e. The molecule has 0 aliphatic carbocycles. The fraction of sp³-hybridized carbons (Fsp3) is 0.333. The average molecular weight is 374 g/mol. The van der Waals surface area contributed by atoms with Crippen LogP contribution >= 0.6 is 0 Å². The largest absolute Gasteiger partial charge is 0.507 e. The van der Waals surface area contributed by atoms with Gasteiger partial charge < -0.3 is 19.7 Å². The van der Waals surface area contributed by atoms with Crippen molar-refractivity contribution in [3.63, 3.8) is 0 Å². The Morgan fingerprint density at radius 2 is 1.37 bits per heavy atom. The number of aromatic hydroxyl groups is 2. The quantitative estimate of drug-likeness (QED) is 0.578. The molecule has 2 rings (SSSR count). The summed E-state index contributed by atoms with van der Waals surface area (Å²) in [5.74, 6) is -1.04. The number of phenolic OH excluding ortho intramolecular Hbond substituents is 2. The Kier molecular flexibility index (Phi) is 9.43. The highest BCUT2D eigenvalue weighted by atomic mass is 16.5. The van der Waals surface area contributed by atoms with Crippen molar-refractivity contribution in [2.75, 3.05) is 6.61 Å². The van der Waals surface area contributed by atoms with Crippen LogP contribution < -0.4 is 0 Å². The van der Waals surface area contributed by atoms with Crippen molar-refractivity contribution in [2.45, 2.75) is 39.7 Å². The summed E-state index contributed by atoms with van der Waals surface area (Å²) in [6, 6.07) is 12.7. The average Bonchev–Trinajstić information content (AvgIpc) is 2.62. The summed E-state index contributed by atoms with van der Waals surface area (Å²) in [7, 11) is 0. The number of para-hydroxylation sites is 2. The molecule has 146 valence electrons. The van der Waals surface area contributed by atoms with E-state index in [0.29, 0.717) is 6.61 Å². The molecule has 27 heavy (non-hydrogen) atoms. The van der Waals surface area contributed by atoms with Gasteiger partial charge >= 0.3 is 11.9 Å². The third-order valence-electron chi connectivity index (χ3n) is 3.32. The van der Waals surface area contributed by atoms with Gasteiger partial charge in [0.15, 0.2) is 0 Å². The number of hydrogen-bond acceptors (Lipinski definition) is 6. The van der Waals surface area contributed by atoms with E-state index in [1.807, 2.05) is 6.92 Å². The van der Waals surface area contributed by atoms with Gasteiger partial charge in [-0.3, -0.25) is 0 Å². The van der Waals surface area contributed by atoms with E-state index in [-0.39, 0.29) is 28.7 Å². The van der Waals surface area contributed by atoms with Gasteiger partial charge in [-0.2, -0.15) is 0 Å². The molecule has 2 aromatic rings. The van der Waals surface area contributed by atoms with Gasteiger partial charge in [0.05, 0.1) is 12.7 Å². The van der Waals surface area contributed by atoms with Gasteiger partial charge in [0.1, 0.15) is 22.6 Å². The van der Waals surface area contributed by atoms with E-state index in [9.17, 15) is 19.8 Å². The zero-order valence-corrected chi connectivity index (χ0v) is 15.8. The highest BCUT2D eigenvalue weighted by Crippen LogP contribution is 2.17. The molecule has 0 aromatic heterocycles. The van der Waals surface area contributed by atoms with E-state index in [0.717, 1.165) is 12.8 Å². The van der Waals surface area contributed by atoms with E-state index in [4.69, 9.17) is 9.47 Å². The number of rotatable bonds is 6. The molecule has 0 radical (unpaired) electrons. The molecule has 0 heterocycles. The molecular formula is C21H26O6. The van der Waals surface area contributed by atoms with Crippen LogP contribution in [0.25, 0.3) is 0 Å². The molecule has 0 amide bonds. The Labute approximate surface area is 159 Å². The van der Waals surface area contributed by atoms with Crippen molar-refractivity contribution < 1.29 is 29.3 Å². The van der Waals surface area contributed by atoms with Crippen molar-refractivity contribution in [2.24, 2.45) is 0 Å². The Bertz CT molecular complexity index is 739. The lowest BCUT2D eigenvalue weighted by atomic mass is 10.2. The summed E-state index contributed by atoms with van der Waals surface area (Å²) in [4.78, 5) is 22.7. The Morgan fingerprint density at radius 3 is 1.81 bits per heavy atom. The fourth-order valence-electron chi connectivity index (χ4n) is 1.96. The fourth-order valence-corrected chi connectivity index (χ4v) is 1.96. The molecule has 6 nitrogen and oxygen atoms in total. The summed E-state index contributed by atoms with van der Waals surface area (Å²) in [6.45, 7) is 5.95. The van der Waals surface area contributed by atoms with Gasteiger partial charge in [0, 0.05) is 0 Å². The molecule has 2 N–H and O–H groups in total. The topological polar surface area (TPSA) is 93.1 Å². The predicted molar refractivity (Wildman–Crippen MR) is 102 cm³/mol. The Hall–Kier alpha value is -3.02. The van der Waals surface area contributed by atoms with Gasteiger partial charge in [0.2, 0.25) is 0 Å². The van der Waals surface area contributed by atoms with Gasteiger partial charge in [-0.25, -0.2) is 9.59 Å². The predicted octanol–water partition coefficient (Wildman–Crippen LogP) is 4.31. The third kappa shape index (κ3) is 7.81. The first-order valence-corrected chi connectivity index (χ1v) is 8.80. The van der Waals surface area contributed by atoms with Crippen LogP contribution in [0.4, 0.5) is 0 Å². The van der Waals surface area contributed by atoms with Crippen molar-refractivity contribution in [3.05, 3.63) is 59.7 Å². The first kappa shape index (κ1) is 22.0. The highest BCUT2D eigenvalue weighted by Gasteiger charge is 2.12. The smallest absolute Gasteiger partial charge is 0.342 e. The lowest BCUT2D eigenvalue weighted by molar-refractivity contribution is 0.0374. The van der Waals surface area contributed by atoms with E-state index in [1.54, 1.807) is 44.2 Å². The van der Waals surface area contributed by atoms with Crippen LogP contribution in [0.1, 0.15) is 54.3 Å². The van der Waals surface area contributed by atoms with E-state index >= 15 is 0 Å². The maximum Gasteiger partial charge on any atom is 0.342 e. The number of carbonyl (C=O) groups excluding carboxylic acids is 2. The molecule has 0 saturated carbocycles. The van der Waals surface area contributed by atoms with Crippen molar-refractivity contribution in [1.29, 1.82) is 0 Å². The Balaban J connectivity index is 0.000000271. The second kappa shape index (κ2) is 11.6. The van der Waals surface area contributed by atoms with Gasteiger partial charge in [-0.05, 0) is 44.5 Å². The summed E-state index contributed by atoms with van der Waals surface area (Å²) < 4.78 is 9.87. The van der Waals surface area contributed by atoms with E-state index in [2.05, 4.69) is 0 Å². The molecule has 6 heteroatoms. The van der Waals surface area contributed by atoms with Gasteiger partial charge in [-0.15, -0.1) is 0 Å². The molecule has 0 bridgehead atoms. The first-order valence-electron chi connectivity index (χ1n) is 8.80. The number of esters is 2. The van der Waals surface area contributed by atoms with Crippen LogP contribution in [0, 0.1) is 0 Å². The lowest BCUT2D eigenvalue weighted by Crippen LogP contribution is -2.11. The van der Waals surface area contributed by atoms with Crippen LogP contribution in [0.5, 0.6) is 11.5 Å². The Morgan fingerprint density at radius 1 is 0.889 bits per heavy atom. The number of phenols is 2. The number of unbranched alkanes of at least 4 members (excludes halogenated alkanes) is 1. The molecule has 0 atom stereocenters. The van der Waals surface area contributed by atoms with Crippen LogP contribution in [0.3, 0.4) is 0 Å². The third-order valence-corrected chi connectivity index (χ3v) is 3.32. The number of hydrogen-bond donors (Lipinski definition) is 2. The number of benzene rings is 2. The lowest BCUT2D eigenvalue weighted by Gasteiger charge is -2.08. The molecule has 0 spiro atoms. The summed E-state index contributed by atoms with van der Waals surface area (Å²) in [5, 5.41) is 18.6. The molecule has 0 saturated heterocycles. The standard InChI is InChI=1S/C11H14O3.C10H12O3/c1-2-3-8-14-11(13)9-6-4-5-7-10(9)12;1-7(2)13-10(12)8-5-3-4-6-9(8)11/h4-7,12H,2-3,8H2,1H3;3-7,11H,1-2H3. The molecule has 2 aromatic carbocycles. The molecular weight excluding hydrogens is 348 g/mol. The zero-order chi connectivity index (χ0) is 20.2. The normalized spacial score (nSPS) is 9.93. The second-order valence-electron chi connectivity index (χ2n) is 5.98. The van der Waals surface area contributed by atoms with Gasteiger partial charge in [0.25, 0.3) is 0 Å². The summed E-state index contributed by atoms with van der Waals surface area (Å²) in [6.07, 6.45) is 1.65. The van der Waals surface area contributed by atoms with Crippen LogP contribution in [-0.4, -0.2) is 34.9 Å². The number of ether oxygens (including phenoxy) is 2. The zero-order valence-electron chi connectivity index (χ0n) is 15.8. The van der Waals surface area contributed by atoms with Crippen LogP contribution in [0.2, 0.25) is 0 Å². The van der Waals surface area contributed by atoms with E-state index in [1.165, 1.54) is 18.2 Å². The summed E-state index contributed by atoms with van der Waals surface area (Å²) in [5.41, 5.74) is 0.430. The highest BCUT2D eigenvalue weighted by molar-refractivity contribution is 5.92. The molecule has 0 unspecified atom stereocenters. The van der Waals surface area contributed by atoms with E-state index < -0.39 is 11.9 Å². The van der Waals surface area contributed by atoms with Crippen molar-refractivity contribution in [3.8, 4) is 11.5 Å². The monoisotopic (exact) mass is 374 g/mol. The molecule has 0 aliphatic rings. The second-order valence-corrected chi connectivity index (χ2v) is 5.98. The molecule has 0 fully saturated rings. The van der Waals surface area contributed by atoms with Crippen molar-refractivity contribution >= 4 is 11.9 Å². The van der Waals surface area contributed by atoms with Crippen molar-refractivity contribution in [1.82, 2.24) is 0 Å². The van der Waals surface area contributed by atoms with Crippen LogP contribution in [0.15, 0.2) is 48.5 Å². The minimum atomic E-state index is -0.492.